The molecule has 0 aliphatic carbocycles. The summed E-state index contributed by atoms with van der Waals surface area (Å²) in [6, 6.07) is 12.7. The highest BCUT2D eigenvalue weighted by molar-refractivity contribution is 7.16. The normalized spacial score (nSPS) is 10.9. The van der Waals surface area contributed by atoms with Gasteiger partial charge in [0.15, 0.2) is 5.13 Å². The highest BCUT2D eigenvalue weighted by atomic mass is 32.1. The van der Waals surface area contributed by atoms with Crippen LogP contribution in [0, 0.1) is 0 Å². The molecule has 0 spiro atoms. The van der Waals surface area contributed by atoms with E-state index in [1.165, 1.54) is 22.0 Å². The Hall–Kier alpha value is -2.77. The number of rotatable bonds is 3. The molecule has 0 aliphatic heterocycles. The van der Waals surface area contributed by atoms with Crippen molar-refractivity contribution in [2.45, 2.75) is 0 Å². The molecule has 1 N–H and O–H groups in total. The number of carbonyl (C=O) groups excluding carboxylic acids is 1. The Balaban J connectivity index is 1.69. The number of thiophene rings is 1. The minimum atomic E-state index is -0.332. The van der Waals surface area contributed by atoms with Crippen LogP contribution in [0.1, 0.15) is 10.4 Å². The van der Waals surface area contributed by atoms with Crippen LogP contribution in [0.3, 0.4) is 0 Å². The highest BCUT2D eigenvalue weighted by Gasteiger charge is 2.15. The molecule has 25 heavy (non-hydrogen) atoms. The van der Waals surface area contributed by atoms with E-state index in [9.17, 15) is 9.59 Å². The molecule has 1 amide bonds. The van der Waals surface area contributed by atoms with Crippen molar-refractivity contribution < 1.29 is 4.79 Å². The Morgan fingerprint density at radius 1 is 1.16 bits per heavy atom. The summed E-state index contributed by atoms with van der Waals surface area (Å²) in [7, 11) is 1.69. The lowest BCUT2D eigenvalue weighted by atomic mass is 10.1. The van der Waals surface area contributed by atoms with E-state index in [0.717, 1.165) is 21.5 Å². The van der Waals surface area contributed by atoms with Gasteiger partial charge in [0.1, 0.15) is 0 Å². The second kappa shape index (κ2) is 6.27. The van der Waals surface area contributed by atoms with Crippen LogP contribution < -0.4 is 10.9 Å². The molecule has 4 aromatic rings. The summed E-state index contributed by atoms with van der Waals surface area (Å²) in [5, 5.41) is 7.94. The van der Waals surface area contributed by atoms with Gasteiger partial charge in [-0.15, -0.1) is 22.7 Å². The van der Waals surface area contributed by atoms with Crippen molar-refractivity contribution in [2.24, 2.45) is 7.05 Å². The van der Waals surface area contributed by atoms with Crippen LogP contribution in [0.4, 0.5) is 5.13 Å². The van der Waals surface area contributed by atoms with Crippen molar-refractivity contribution in [3.63, 3.8) is 0 Å². The number of fused-ring (bicyclic) bond motifs is 1. The molecule has 0 radical (unpaired) electrons. The van der Waals surface area contributed by atoms with Gasteiger partial charge in [0.05, 0.1) is 21.7 Å². The quantitative estimate of drug-likeness (QED) is 0.596. The van der Waals surface area contributed by atoms with Gasteiger partial charge in [0.2, 0.25) is 0 Å². The fourth-order valence-corrected chi connectivity index (χ4v) is 4.10. The first kappa shape index (κ1) is 15.7. The second-order valence-corrected chi connectivity index (χ2v) is 7.25. The summed E-state index contributed by atoms with van der Waals surface area (Å²) in [5.41, 5.74) is 1.69. The zero-order chi connectivity index (χ0) is 17.4. The number of thiazole rings is 1. The summed E-state index contributed by atoms with van der Waals surface area (Å²) in [4.78, 5) is 30.3. The first-order valence-corrected chi connectivity index (χ1v) is 9.29. The molecule has 3 heterocycles. The molecule has 0 fully saturated rings. The van der Waals surface area contributed by atoms with E-state index in [1.807, 2.05) is 47.2 Å². The number of para-hydroxylation sites is 1. The van der Waals surface area contributed by atoms with Crippen molar-refractivity contribution in [2.75, 3.05) is 5.32 Å². The van der Waals surface area contributed by atoms with Crippen LogP contribution in [0.15, 0.2) is 58.0 Å². The molecule has 5 nitrogen and oxygen atoms in total. The number of anilines is 1. The zero-order valence-electron chi connectivity index (χ0n) is 13.2. The van der Waals surface area contributed by atoms with Crippen molar-refractivity contribution in [1.82, 2.24) is 9.55 Å². The molecule has 0 saturated carbocycles. The number of amides is 1. The number of aromatic nitrogens is 2. The number of nitrogens with zero attached hydrogens (tertiary/aromatic N) is 2. The molecular formula is C18H13N3O2S2. The lowest BCUT2D eigenvalue weighted by Crippen LogP contribution is -2.21. The van der Waals surface area contributed by atoms with Crippen LogP contribution in [0.2, 0.25) is 0 Å². The summed E-state index contributed by atoms with van der Waals surface area (Å²) in [5.74, 6) is -0.332. The molecule has 0 saturated heterocycles. The van der Waals surface area contributed by atoms with Crippen LogP contribution in [0.25, 0.3) is 21.5 Å². The summed E-state index contributed by atoms with van der Waals surface area (Å²) >= 11 is 2.96. The molecule has 124 valence electrons. The smallest absolute Gasteiger partial charge is 0.258 e. The molecule has 4 rings (SSSR count). The number of pyridine rings is 1. The van der Waals surface area contributed by atoms with Gasteiger partial charge in [-0.2, -0.15) is 0 Å². The Morgan fingerprint density at radius 2 is 2.00 bits per heavy atom. The van der Waals surface area contributed by atoms with Crippen LogP contribution in [-0.4, -0.2) is 15.5 Å². The lowest BCUT2D eigenvalue weighted by molar-refractivity contribution is 0.102. The van der Waals surface area contributed by atoms with Gasteiger partial charge in [-0.1, -0.05) is 24.3 Å². The maximum atomic E-state index is 12.7. The van der Waals surface area contributed by atoms with Gasteiger partial charge < -0.3 is 4.57 Å². The molecule has 3 aromatic heterocycles. The molecule has 1 aromatic carbocycles. The number of hydrogen-bond donors (Lipinski definition) is 1. The predicted molar refractivity (Wildman–Crippen MR) is 103 cm³/mol. The van der Waals surface area contributed by atoms with Crippen LogP contribution in [-0.2, 0) is 7.05 Å². The average Bonchev–Trinajstić information content (AvgIpc) is 3.29. The lowest BCUT2D eigenvalue weighted by Gasteiger charge is -2.09. The SMILES string of the molecule is Cn1c(=O)cc(C(=O)Nc2nc(-c3cccs3)cs2)c2ccccc21. The topological polar surface area (TPSA) is 64.0 Å². The maximum absolute atomic E-state index is 12.7. The molecule has 0 aliphatic rings. The number of aryl methyl sites for hydroxylation is 1. The Morgan fingerprint density at radius 3 is 2.80 bits per heavy atom. The van der Waals surface area contributed by atoms with E-state index in [2.05, 4.69) is 10.3 Å². The fourth-order valence-electron chi connectivity index (χ4n) is 2.63. The van der Waals surface area contributed by atoms with E-state index >= 15 is 0 Å². The molecule has 0 bridgehead atoms. The van der Waals surface area contributed by atoms with Gasteiger partial charge >= 0.3 is 0 Å². The summed E-state index contributed by atoms with van der Waals surface area (Å²) in [6.07, 6.45) is 0. The third-order valence-electron chi connectivity index (χ3n) is 3.90. The number of carbonyl (C=O) groups is 1. The number of nitrogens with one attached hydrogen (secondary N) is 1. The van der Waals surface area contributed by atoms with E-state index in [0.29, 0.717) is 10.7 Å². The summed E-state index contributed by atoms with van der Waals surface area (Å²) < 4.78 is 1.53. The molecule has 0 unspecified atom stereocenters. The van der Waals surface area contributed by atoms with Gasteiger partial charge in [0, 0.05) is 23.9 Å². The van der Waals surface area contributed by atoms with E-state index < -0.39 is 0 Å². The Bertz CT molecular complexity index is 1130. The van der Waals surface area contributed by atoms with Gasteiger partial charge in [-0.05, 0) is 17.5 Å². The third-order valence-corrected chi connectivity index (χ3v) is 5.55. The van der Waals surface area contributed by atoms with Crippen molar-refractivity contribution in [1.29, 1.82) is 0 Å². The fraction of sp³-hybridized carbons (Fsp3) is 0.0556. The van der Waals surface area contributed by atoms with E-state index in [-0.39, 0.29) is 11.5 Å². The third kappa shape index (κ3) is 2.88. The first-order valence-electron chi connectivity index (χ1n) is 7.53. The largest absolute Gasteiger partial charge is 0.311 e. The van der Waals surface area contributed by atoms with Gasteiger partial charge in [0.25, 0.3) is 11.5 Å². The average molecular weight is 367 g/mol. The highest BCUT2D eigenvalue weighted by Crippen LogP contribution is 2.28. The van der Waals surface area contributed by atoms with E-state index in [4.69, 9.17) is 0 Å². The molecule has 0 atom stereocenters. The number of benzene rings is 1. The predicted octanol–water partition coefficient (Wildman–Crippen LogP) is 3.98. The van der Waals surface area contributed by atoms with Crippen LogP contribution in [0.5, 0.6) is 0 Å². The monoisotopic (exact) mass is 367 g/mol. The van der Waals surface area contributed by atoms with E-state index in [1.54, 1.807) is 18.4 Å². The van der Waals surface area contributed by atoms with Crippen LogP contribution >= 0.6 is 22.7 Å². The summed E-state index contributed by atoms with van der Waals surface area (Å²) in [6.45, 7) is 0. The van der Waals surface area contributed by atoms with Crippen molar-refractivity contribution in [3.05, 3.63) is 69.1 Å². The zero-order valence-corrected chi connectivity index (χ0v) is 14.9. The second-order valence-electron chi connectivity index (χ2n) is 5.44. The van der Waals surface area contributed by atoms with Gasteiger partial charge in [-0.25, -0.2) is 4.98 Å². The standard InChI is InChI=1S/C18H13N3O2S2/c1-21-14-6-3-2-5-11(14)12(9-16(21)22)17(23)20-18-19-13(10-25-18)15-7-4-8-24-15/h2-10H,1H3,(H,19,20,23). The minimum absolute atomic E-state index is 0.220. The Kier molecular flexibility index (Phi) is 3.95. The maximum Gasteiger partial charge on any atom is 0.258 e. The minimum Gasteiger partial charge on any atom is -0.311 e. The van der Waals surface area contributed by atoms with Crippen molar-refractivity contribution in [3.8, 4) is 10.6 Å². The first-order chi connectivity index (χ1) is 12.1. The van der Waals surface area contributed by atoms with Crippen molar-refractivity contribution >= 4 is 44.6 Å². The number of hydrogen-bond acceptors (Lipinski definition) is 5. The van der Waals surface area contributed by atoms with Gasteiger partial charge in [-0.3, -0.25) is 14.9 Å². The molecular weight excluding hydrogens is 354 g/mol. The Labute approximate surface area is 151 Å². The molecule has 7 heteroatoms.